The van der Waals surface area contributed by atoms with Crippen molar-refractivity contribution in [1.29, 1.82) is 0 Å². The van der Waals surface area contributed by atoms with Crippen LogP contribution in [0.3, 0.4) is 0 Å². The van der Waals surface area contributed by atoms with Gasteiger partial charge in [0.25, 0.3) is 0 Å². The van der Waals surface area contributed by atoms with E-state index in [1.165, 1.54) is 154 Å². The molecule has 2 N–H and O–H groups in total. The average Bonchev–Trinajstić information content (AvgIpc) is 3.05. The molecule has 45 heavy (non-hydrogen) atoms. The fraction of sp³-hybridized carbons (Fsp3) is 0.900. The number of unbranched alkanes of at least 4 members (excludes halogenated alkanes) is 22. The minimum Gasteiger partial charge on any atom is -0.394 e. The van der Waals surface area contributed by atoms with Gasteiger partial charge in [0, 0.05) is 0 Å². The molecule has 0 saturated carbocycles. The number of aliphatic hydroxyl groups excluding tert-OH is 2. The molecule has 0 aromatic rings. The number of allylic oxidation sites excluding steroid dienone is 4. The quantitative estimate of drug-likeness (QED) is 0.0400. The summed E-state index contributed by atoms with van der Waals surface area (Å²) in [6.07, 6.45) is 43.7. The van der Waals surface area contributed by atoms with Gasteiger partial charge in [-0.3, -0.25) is 0 Å². The molecule has 0 aliphatic rings. The van der Waals surface area contributed by atoms with Gasteiger partial charge in [-0.15, -0.1) is 0 Å². The van der Waals surface area contributed by atoms with Crippen molar-refractivity contribution in [1.82, 2.24) is 0 Å². The van der Waals surface area contributed by atoms with E-state index in [2.05, 4.69) is 38.2 Å². The number of hydrogen-bond donors (Lipinski definition) is 2. The van der Waals surface area contributed by atoms with E-state index in [0.717, 1.165) is 25.7 Å². The normalized spacial score (nSPS) is 13.4. The Kier molecular flexibility index (Phi) is 38.8. The zero-order chi connectivity index (χ0) is 32.7. The first-order chi connectivity index (χ1) is 22.3. The van der Waals surface area contributed by atoms with Gasteiger partial charge in [-0.25, -0.2) is 0 Å². The number of hydrogen-bond acceptors (Lipinski definition) is 5. The van der Waals surface area contributed by atoms with Crippen LogP contribution in [0.15, 0.2) is 24.3 Å². The Bertz CT molecular complexity index is 543. The van der Waals surface area contributed by atoms with Gasteiger partial charge >= 0.3 is 0 Å². The molecule has 0 aliphatic heterocycles. The maximum Gasteiger partial charge on any atom is 0.160 e. The molecule has 0 spiro atoms. The second-order valence-electron chi connectivity index (χ2n) is 12.9. The van der Waals surface area contributed by atoms with Crippen molar-refractivity contribution in [3.05, 3.63) is 24.3 Å². The molecule has 2 atom stereocenters. The first-order valence-electron chi connectivity index (χ1n) is 19.7. The first-order valence-corrected chi connectivity index (χ1v) is 19.7. The van der Waals surface area contributed by atoms with Crippen LogP contribution in [0.4, 0.5) is 0 Å². The van der Waals surface area contributed by atoms with Gasteiger partial charge in [0.1, 0.15) is 0 Å². The van der Waals surface area contributed by atoms with Gasteiger partial charge in [0.15, 0.2) is 12.6 Å². The molecule has 268 valence electrons. The third kappa shape index (κ3) is 36.0. The predicted molar refractivity (Wildman–Crippen MR) is 194 cm³/mol. The van der Waals surface area contributed by atoms with Gasteiger partial charge in [-0.2, -0.15) is 0 Å². The molecular weight excluding hydrogens is 560 g/mol. The lowest BCUT2D eigenvalue weighted by Gasteiger charge is -2.25. The lowest BCUT2D eigenvalue weighted by Crippen LogP contribution is -2.28. The highest BCUT2D eigenvalue weighted by molar-refractivity contribution is 4.82. The molecule has 5 heteroatoms. The van der Waals surface area contributed by atoms with Gasteiger partial charge in [0.05, 0.1) is 26.4 Å². The van der Waals surface area contributed by atoms with Gasteiger partial charge in [-0.05, 0) is 77.0 Å². The summed E-state index contributed by atoms with van der Waals surface area (Å²) in [6, 6.07) is 0. The summed E-state index contributed by atoms with van der Waals surface area (Å²) in [4.78, 5) is 0. The Morgan fingerprint density at radius 2 is 0.689 bits per heavy atom. The van der Waals surface area contributed by atoms with Gasteiger partial charge < -0.3 is 24.4 Å². The second-order valence-corrected chi connectivity index (χ2v) is 12.9. The minimum atomic E-state index is -0.367. The van der Waals surface area contributed by atoms with E-state index < -0.39 is 0 Å². The Hall–Kier alpha value is -0.720. The van der Waals surface area contributed by atoms with Crippen molar-refractivity contribution in [2.75, 3.05) is 26.4 Å². The largest absolute Gasteiger partial charge is 0.394 e. The third-order valence-electron chi connectivity index (χ3n) is 8.50. The zero-order valence-corrected chi connectivity index (χ0v) is 30.2. The molecule has 0 rings (SSSR count). The summed E-state index contributed by atoms with van der Waals surface area (Å²) in [6.45, 7) is 5.07. The summed E-state index contributed by atoms with van der Waals surface area (Å²) in [5.41, 5.74) is 0. The average molecular weight is 639 g/mol. The van der Waals surface area contributed by atoms with Crippen molar-refractivity contribution in [2.45, 2.75) is 206 Å². The Labute approximate surface area is 281 Å². The van der Waals surface area contributed by atoms with E-state index in [1.54, 1.807) is 0 Å². The van der Waals surface area contributed by atoms with E-state index in [-0.39, 0.29) is 39.0 Å². The van der Waals surface area contributed by atoms with Crippen LogP contribution in [-0.4, -0.2) is 49.2 Å². The van der Waals surface area contributed by atoms with Crippen LogP contribution >= 0.6 is 0 Å². The van der Waals surface area contributed by atoms with E-state index >= 15 is 0 Å². The van der Waals surface area contributed by atoms with Crippen LogP contribution in [0.25, 0.3) is 0 Å². The highest BCUT2D eigenvalue weighted by atomic mass is 16.8. The third-order valence-corrected chi connectivity index (χ3v) is 8.50. The smallest absolute Gasteiger partial charge is 0.160 e. The number of ether oxygens (including phenoxy) is 3. The van der Waals surface area contributed by atoms with Crippen LogP contribution in [0.1, 0.15) is 194 Å². The van der Waals surface area contributed by atoms with Gasteiger partial charge in [0.2, 0.25) is 0 Å². The van der Waals surface area contributed by atoms with Crippen molar-refractivity contribution in [2.24, 2.45) is 0 Å². The highest BCUT2D eigenvalue weighted by Gasteiger charge is 2.17. The molecule has 0 bridgehead atoms. The van der Waals surface area contributed by atoms with Gasteiger partial charge in [-0.1, -0.05) is 141 Å². The number of rotatable bonds is 38. The summed E-state index contributed by atoms with van der Waals surface area (Å²) in [5.74, 6) is 0. The molecular formula is C40H78O5. The molecule has 2 unspecified atom stereocenters. The van der Waals surface area contributed by atoms with Crippen LogP contribution in [-0.2, 0) is 14.2 Å². The van der Waals surface area contributed by atoms with E-state index in [0.29, 0.717) is 0 Å². The molecule has 0 aliphatic carbocycles. The fourth-order valence-electron chi connectivity index (χ4n) is 5.68. The molecule has 0 saturated heterocycles. The van der Waals surface area contributed by atoms with E-state index in [9.17, 15) is 10.2 Å². The molecule has 0 radical (unpaired) electrons. The Morgan fingerprint density at radius 1 is 0.400 bits per heavy atom. The summed E-state index contributed by atoms with van der Waals surface area (Å²) in [7, 11) is 0. The molecule has 0 heterocycles. The summed E-state index contributed by atoms with van der Waals surface area (Å²) in [5, 5.41) is 18.6. The standard InChI is InChI=1S/C40H78O5/c1-3-5-7-9-11-13-15-17-19-21-23-25-27-29-31-33-39(43-37-35-41)45-40(44-38-36-42)34-32-30-28-26-24-22-20-18-16-14-12-10-8-6-4-2/h17-20,39-42H,3-16,21-38H2,1-2H3/b19-17-,20-18-. The highest BCUT2D eigenvalue weighted by Crippen LogP contribution is 2.18. The zero-order valence-electron chi connectivity index (χ0n) is 30.2. The SMILES string of the molecule is CCCCCCCC/C=C\CCCCCCCC(OCCO)OC(CCCCCCC/C=C\CCCCCCCC)OCCO. The first kappa shape index (κ1) is 44.3. The maximum absolute atomic E-state index is 9.29. The van der Waals surface area contributed by atoms with Crippen LogP contribution in [0, 0.1) is 0 Å². The van der Waals surface area contributed by atoms with Crippen LogP contribution in [0.5, 0.6) is 0 Å². The van der Waals surface area contributed by atoms with Crippen molar-refractivity contribution in [3.63, 3.8) is 0 Å². The monoisotopic (exact) mass is 639 g/mol. The summed E-state index contributed by atoms with van der Waals surface area (Å²) < 4.78 is 17.8. The van der Waals surface area contributed by atoms with Crippen LogP contribution in [0.2, 0.25) is 0 Å². The second kappa shape index (κ2) is 39.5. The van der Waals surface area contributed by atoms with Crippen LogP contribution < -0.4 is 0 Å². The topological polar surface area (TPSA) is 68.2 Å². The Balaban J connectivity index is 4.00. The van der Waals surface area contributed by atoms with Crippen molar-refractivity contribution < 1.29 is 24.4 Å². The molecule has 0 fully saturated rings. The van der Waals surface area contributed by atoms with Crippen molar-refractivity contribution in [3.8, 4) is 0 Å². The number of aliphatic hydroxyl groups is 2. The minimum absolute atomic E-state index is 0.0113. The molecule has 0 aromatic heterocycles. The lowest BCUT2D eigenvalue weighted by molar-refractivity contribution is -0.252. The molecule has 0 amide bonds. The summed E-state index contributed by atoms with van der Waals surface area (Å²) >= 11 is 0. The Morgan fingerprint density at radius 3 is 1.00 bits per heavy atom. The molecule has 0 aromatic carbocycles. The van der Waals surface area contributed by atoms with E-state index in [1.807, 2.05) is 0 Å². The maximum atomic E-state index is 9.29. The molecule has 5 nitrogen and oxygen atoms in total. The van der Waals surface area contributed by atoms with Crippen molar-refractivity contribution >= 4 is 0 Å². The fourth-order valence-corrected chi connectivity index (χ4v) is 5.68. The lowest BCUT2D eigenvalue weighted by atomic mass is 10.1. The van der Waals surface area contributed by atoms with E-state index in [4.69, 9.17) is 14.2 Å². The predicted octanol–water partition coefficient (Wildman–Crippen LogP) is 11.7.